The topological polar surface area (TPSA) is 125 Å². The summed E-state index contributed by atoms with van der Waals surface area (Å²) in [6.07, 6.45) is 0. The maximum atomic E-state index is 12.0. The Bertz CT molecular complexity index is 900. The van der Waals surface area contributed by atoms with Gasteiger partial charge in [0.1, 0.15) is 0 Å². The van der Waals surface area contributed by atoms with E-state index >= 15 is 0 Å². The Hall–Kier alpha value is -3.20. The number of nitrogens with one attached hydrogen (secondary N) is 1. The highest BCUT2D eigenvalue weighted by atomic mass is 35.5. The number of nitrogens with zero attached hydrogens (tertiary/aromatic N) is 2. The minimum atomic E-state index is -0.665. The number of rotatable bonds is 6. The number of hydrogen-bond donors (Lipinski definition) is 1. The molecule has 0 fully saturated rings. The minimum absolute atomic E-state index is 0.0131. The zero-order valence-electron chi connectivity index (χ0n) is 13.8. The molecule has 1 N–H and O–H groups in total. The van der Waals surface area contributed by atoms with Crippen LogP contribution >= 0.6 is 11.6 Å². The van der Waals surface area contributed by atoms with Crippen molar-refractivity contribution in [2.45, 2.75) is 13.8 Å². The van der Waals surface area contributed by atoms with Crippen LogP contribution in [-0.2, 0) is 4.79 Å². The molecule has 2 rings (SSSR count). The van der Waals surface area contributed by atoms with Gasteiger partial charge in [0.2, 0.25) is 5.75 Å². The molecule has 0 aliphatic rings. The molecule has 2 aromatic rings. The fourth-order valence-electron chi connectivity index (χ4n) is 2.30. The average molecular weight is 380 g/mol. The lowest BCUT2D eigenvalue weighted by Crippen LogP contribution is -2.21. The molecule has 0 bridgehead atoms. The second-order valence-electron chi connectivity index (χ2n) is 5.45. The van der Waals surface area contributed by atoms with Crippen LogP contribution in [0, 0.1) is 34.1 Å². The number of nitro groups is 2. The van der Waals surface area contributed by atoms with Gasteiger partial charge in [-0.3, -0.25) is 25.0 Å². The standard InChI is InChI=1S/C16H14ClN3O6/c1-9-5-10(2)16(14(6-9)20(24)25)26-8-15(21)18-13-7-11(19(22)23)3-4-12(13)17/h3-7H,8H2,1-2H3,(H,18,21). The van der Waals surface area contributed by atoms with E-state index in [9.17, 15) is 25.0 Å². The van der Waals surface area contributed by atoms with Gasteiger partial charge in [-0.25, -0.2) is 0 Å². The molecule has 0 saturated carbocycles. The van der Waals surface area contributed by atoms with Crippen molar-refractivity contribution in [2.75, 3.05) is 11.9 Å². The summed E-state index contributed by atoms with van der Waals surface area (Å²) in [5.41, 5.74) is 0.760. The lowest BCUT2D eigenvalue weighted by molar-refractivity contribution is -0.385. The monoisotopic (exact) mass is 379 g/mol. The molecule has 136 valence electrons. The Kier molecular flexibility index (Phi) is 5.73. The zero-order valence-corrected chi connectivity index (χ0v) is 14.6. The van der Waals surface area contributed by atoms with Crippen LogP contribution in [0.25, 0.3) is 0 Å². The quantitative estimate of drug-likeness (QED) is 0.601. The first-order valence-corrected chi connectivity index (χ1v) is 7.69. The van der Waals surface area contributed by atoms with Gasteiger partial charge in [0.15, 0.2) is 6.61 Å². The average Bonchev–Trinajstić information content (AvgIpc) is 2.55. The van der Waals surface area contributed by atoms with Crippen molar-refractivity contribution in [1.29, 1.82) is 0 Å². The molecule has 0 aliphatic heterocycles. The molecule has 0 unspecified atom stereocenters. The fourth-order valence-corrected chi connectivity index (χ4v) is 2.47. The third-order valence-electron chi connectivity index (χ3n) is 3.38. The number of carbonyl (C=O) groups is 1. The first-order valence-electron chi connectivity index (χ1n) is 7.31. The van der Waals surface area contributed by atoms with Gasteiger partial charge in [-0.1, -0.05) is 17.7 Å². The minimum Gasteiger partial charge on any atom is -0.477 e. The number of benzene rings is 2. The number of hydrogen-bond acceptors (Lipinski definition) is 6. The zero-order chi connectivity index (χ0) is 19.4. The molecule has 0 aromatic heterocycles. The van der Waals surface area contributed by atoms with E-state index < -0.39 is 22.4 Å². The highest BCUT2D eigenvalue weighted by molar-refractivity contribution is 6.33. The number of nitro benzene ring substituents is 2. The van der Waals surface area contributed by atoms with Gasteiger partial charge in [0.25, 0.3) is 11.6 Å². The van der Waals surface area contributed by atoms with Crippen LogP contribution in [0.2, 0.25) is 5.02 Å². The molecular weight excluding hydrogens is 366 g/mol. The van der Waals surface area contributed by atoms with Crippen molar-refractivity contribution in [3.05, 3.63) is 66.7 Å². The van der Waals surface area contributed by atoms with Crippen molar-refractivity contribution in [1.82, 2.24) is 0 Å². The van der Waals surface area contributed by atoms with E-state index in [0.29, 0.717) is 11.1 Å². The van der Waals surface area contributed by atoms with Crippen LogP contribution in [0.15, 0.2) is 30.3 Å². The Morgan fingerprint density at radius 3 is 2.46 bits per heavy atom. The molecule has 26 heavy (non-hydrogen) atoms. The van der Waals surface area contributed by atoms with Gasteiger partial charge in [-0.2, -0.15) is 0 Å². The lowest BCUT2D eigenvalue weighted by Gasteiger charge is -2.11. The first-order chi connectivity index (χ1) is 12.2. The maximum absolute atomic E-state index is 12.0. The number of non-ortho nitro benzene ring substituents is 1. The molecule has 2 aromatic carbocycles. The molecule has 9 nitrogen and oxygen atoms in total. The highest BCUT2D eigenvalue weighted by Crippen LogP contribution is 2.32. The Morgan fingerprint density at radius 1 is 1.15 bits per heavy atom. The van der Waals surface area contributed by atoms with Crippen molar-refractivity contribution in [3.63, 3.8) is 0 Å². The molecule has 1 amide bonds. The highest BCUT2D eigenvalue weighted by Gasteiger charge is 2.20. The second-order valence-corrected chi connectivity index (χ2v) is 5.85. The number of amides is 1. The molecule has 0 saturated heterocycles. The largest absolute Gasteiger partial charge is 0.477 e. The molecular formula is C16H14ClN3O6. The lowest BCUT2D eigenvalue weighted by atomic mass is 10.1. The second kappa shape index (κ2) is 7.79. The van der Waals surface area contributed by atoms with Crippen molar-refractivity contribution in [2.24, 2.45) is 0 Å². The number of halogens is 1. The van der Waals surface area contributed by atoms with Gasteiger partial charge < -0.3 is 10.1 Å². The number of anilines is 1. The van der Waals surface area contributed by atoms with Gasteiger partial charge in [-0.15, -0.1) is 0 Å². The van der Waals surface area contributed by atoms with Gasteiger partial charge in [-0.05, 0) is 31.0 Å². The number of ether oxygens (including phenoxy) is 1. The molecule has 0 aliphatic carbocycles. The van der Waals surface area contributed by atoms with E-state index in [0.717, 1.165) is 6.07 Å². The van der Waals surface area contributed by atoms with E-state index in [-0.39, 0.29) is 27.8 Å². The molecule has 0 radical (unpaired) electrons. The van der Waals surface area contributed by atoms with Gasteiger partial charge in [0, 0.05) is 18.2 Å². The van der Waals surface area contributed by atoms with E-state index in [4.69, 9.17) is 16.3 Å². The van der Waals surface area contributed by atoms with Crippen molar-refractivity contribution in [3.8, 4) is 5.75 Å². The first kappa shape index (κ1) is 19.1. The third kappa shape index (κ3) is 4.45. The predicted octanol–water partition coefficient (Wildman–Crippen LogP) is 3.79. The van der Waals surface area contributed by atoms with E-state index in [1.54, 1.807) is 19.9 Å². The molecule has 0 heterocycles. The van der Waals surface area contributed by atoms with Crippen molar-refractivity contribution >= 4 is 34.6 Å². The van der Waals surface area contributed by atoms with E-state index in [1.165, 1.54) is 18.2 Å². The number of carbonyl (C=O) groups excluding carboxylic acids is 1. The third-order valence-corrected chi connectivity index (χ3v) is 3.71. The van der Waals surface area contributed by atoms with E-state index in [2.05, 4.69) is 5.32 Å². The maximum Gasteiger partial charge on any atom is 0.311 e. The SMILES string of the molecule is Cc1cc(C)c(OCC(=O)Nc2cc([N+](=O)[O-])ccc2Cl)c([N+](=O)[O-])c1. The van der Waals surface area contributed by atoms with Crippen LogP contribution in [0.4, 0.5) is 17.1 Å². The summed E-state index contributed by atoms with van der Waals surface area (Å²) in [4.78, 5) is 32.8. The normalized spacial score (nSPS) is 10.3. The Balaban J connectivity index is 2.14. The van der Waals surface area contributed by atoms with E-state index in [1.807, 2.05) is 0 Å². The Morgan fingerprint density at radius 2 is 1.85 bits per heavy atom. The predicted molar refractivity (Wildman–Crippen MR) is 94.8 cm³/mol. The van der Waals surface area contributed by atoms with Crippen molar-refractivity contribution < 1.29 is 19.4 Å². The van der Waals surface area contributed by atoms with Gasteiger partial charge >= 0.3 is 5.69 Å². The van der Waals surface area contributed by atoms with Crippen LogP contribution in [0.3, 0.4) is 0 Å². The fraction of sp³-hybridized carbons (Fsp3) is 0.188. The molecule has 0 spiro atoms. The summed E-state index contributed by atoms with van der Waals surface area (Å²) in [7, 11) is 0. The summed E-state index contributed by atoms with van der Waals surface area (Å²) in [6.45, 7) is 2.81. The molecule has 0 atom stereocenters. The van der Waals surface area contributed by atoms with Crippen LogP contribution in [0.1, 0.15) is 11.1 Å². The summed E-state index contributed by atoms with van der Waals surface area (Å²) in [5.74, 6) is -0.678. The summed E-state index contributed by atoms with van der Waals surface area (Å²) in [6, 6.07) is 6.63. The number of aryl methyl sites for hydroxylation is 2. The van der Waals surface area contributed by atoms with Crippen LogP contribution < -0.4 is 10.1 Å². The van der Waals surface area contributed by atoms with Crippen LogP contribution in [0.5, 0.6) is 5.75 Å². The summed E-state index contributed by atoms with van der Waals surface area (Å²) < 4.78 is 5.31. The Labute approximate surface area is 152 Å². The van der Waals surface area contributed by atoms with Crippen LogP contribution in [-0.4, -0.2) is 22.4 Å². The summed E-state index contributed by atoms with van der Waals surface area (Å²) >= 11 is 5.90. The smallest absolute Gasteiger partial charge is 0.311 e. The van der Waals surface area contributed by atoms with Gasteiger partial charge in [0.05, 0.1) is 20.6 Å². The molecule has 10 heteroatoms. The summed E-state index contributed by atoms with van der Waals surface area (Å²) in [5, 5.41) is 24.4.